The largest absolute Gasteiger partial charge is 0.359 e. The van der Waals surface area contributed by atoms with Crippen LogP contribution in [-0.4, -0.2) is 20.2 Å². The summed E-state index contributed by atoms with van der Waals surface area (Å²) in [6.07, 6.45) is 2.89. The molecule has 0 unspecified atom stereocenters. The van der Waals surface area contributed by atoms with E-state index in [2.05, 4.69) is 25.0 Å². The Hall–Kier alpha value is -1.79. The number of thioether (sulfide) groups is 1. The Kier molecular flexibility index (Phi) is 5.26. The molecule has 0 aliphatic carbocycles. The number of nitrogens with zero attached hydrogens (tertiary/aromatic N) is 5. The van der Waals surface area contributed by atoms with E-state index in [0.29, 0.717) is 31.4 Å². The van der Waals surface area contributed by atoms with Gasteiger partial charge in [-0.3, -0.25) is 4.98 Å². The summed E-state index contributed by atoms with van der Waals surface area (Å²) in [6.45, 7) is 6.96. The monoisotopic (exact) mass is 397 g/mol. The SMILES string of the molecule is [C-]#[N+]c1cncc(-c2nnc(SCc3c(Cl)ccc(F)c3Cl)s2)n1. The molecule has 0 aliphatic rings. The van der Waals surface area contributed by atoms with Gasteiger partial charge in [0.15, 0.2) is 9.35 Å². The van der Waals surface area contributed by atoms with Crippen LogP contribution >= 0.6 is 46.3 Å². The predicted octanol–water partition coefficient (Wildman–Crippen LogP) is 5.28. The molecule has 0 amide bonds. The Morgan fingerprint density at radius 1 is 1.25 bits per heavy atom. The van der Waals surface area contributed by atoms with E-state index in [0.717, 1.165) is 0 Å². The van der Waals surface area contributed by atoms with E-state index in [4.69, 9.17) is 29.8 Å². The van der Waals surface area contributed by atoms with Crippen LogP contribution in [0, 0.1) is 12.4 Å². The quantitative estimate of drug-likeness (QED) is 0.340. The maximum absolute atomic E-state index is 13.5. The lowest BCUT2D eigenvalue weighted by Crippen LogP contribution is -1.88. The fraction of sp³-hybridized carbons (Fsp3) is 0.0714. The van der Waals surface area contributed by atoms with Gasteiger partial charge in [-0.25, -0.2) is 4.39 Å². The summed E-state index contributed by atoms with van der Waals surface area (Å²) in [5, 5.41) is 9.05. The number of rotatable bonds is 4. The second-order valence-corrected chi connectivity index (χ2v) is 7.34. The maximum Gasteiger partial charge on any atom is 0.288 e. The van der Waals surface area contributed by atoms with Crippen molar-refractivity contribution in [2.75, 3.05) is 0 Å². The fourth-order valence-electron chi connectivity index (χ4n) is 1.72. The third-order valence-electron chi connectivity index (χ3n) is 2.84. The molecule has 0 aliphatic heterocycles. The van der Waals surface area contributed by atoms with Crippen LogP contribution in [-0.2, 0) is 5.75 Å². The van der Waals surface area contributed by atoms with E-state index in [1.54, 1.807) is 0 Å². The molecule has 1 aromatic carbocycles. The van der Waals surface area contributed by atoms with Gasteiger partial charge >= 0.3 is 0 Å². The Morgan fingerprint density at radius 3 is 2.88 bits per heavy atom. The first-order valence-electron chi connectivity index (χ1n) is 6.37. The normalized spacial score (nSPS) is 10.6. The highest BCUT2D eigenvalue weighted by atomic mass is 35.5. The van der Waals surface area contributed by atoms with Gasteiger partial charge in [0.25, 0.3) is 5.82 Å². The van der Waals surface area contributed by atoms with Crippen molar-refractivity contribution >= 4 is 52.1 Å². The van der Waals surface area contributed by atoms with Gasteiger partial charge in [0.05, 0.1) is 17.4 Å². The number of hydrogen-bond donors (Lipinski definition) is 0. The molecule has 24 heavy (non-hydrogen) atoms. The molecule has 0 atom stereocenters. The third-order valence-corrected chi connectivity index (χ3v) is 5.71. The molecule has 0 N–H and O–H groups in total. The molecular formula is C14H6Cl2FN5S2. The molecule has 0 saturated carbocycles. The van der Waals surface area contributed by atoms with E-state index in [1.807, 2.05) is 0 Å². The molecule has 5 nitrogen and oxygen atoms in total. The lowest BCUT2D eigenvalue weighted by atomic mass is 10.2. The average Bonchev–Trinajstić information content (AvgIpc) is 3.07. The summed E-state index contributed by atoms with van der Waals surface area (Å²) in [5.74, 6) is 0.0359. The molecular weight excluding hydrogens is 392 g/mol. The molecule has 120 valence electrons. The molecule has 0 fully saturated rings. The summed E-state index contributed by atoms with van der Waals surface area (Å²) in [4.78, 5) is 11.3. The first-order chi connectivity index (χ1) is 11.6. The highest BCUT2D eigenvalue weighted by Gasteiger charge is 2.15. The van der Waals surface area contributed by atoms with E-state index in [1.165, 1.54) is 47.6 Å². The summed E-state index contributed by atoms with van der Waals surface area (Å²) >= 11 is 14.6. The highest BCUT2D eigenvalue weighted by Crippen LogP contribution is 2.35. The topological polar surface area (TPSA) is 55.9 Å². The lowest BCUT2D eigenvalue weighted by molar-refractivity contribution is 0.627. The fourth-order valence-corrected chi connectivity index (χ4v) is 4.23. The smallest absolute Gasteiger partial charge is 0.288 e. The van der Waals surface area contributed by atoms with Gasteiger partial charge in [0, 0.05) is 16.3 Å². The number of hydrogen-bond acceptors (Lipinski definition) is 6. The lowest BCUT2D eigenvalue weighted by Gasteiger charge is -2.05. The molecule has 2 heterocycles. The van der Waals surface area contributed by atoms with Crippen molar-refractivity contribution in [3.05, 3.63) is 57.4 Å². The Morgan fingerprint density at radius 2 is 2.08 bits per heavy atom. The molecule has 3 rings (SSSR count). The third kappa shape index (κ3) is 3.65. The van der Waals surface area contributed by atoms with E-state index >= 15 is 0 Å². The predicted molar refractivity (Wildman–Crippen MR) is 93.2 cm³/mol. The minimum Gasteiger partial charge on any atom is -0.359 e. The van der Waals surface area contributed by atoms with Gasteiger partial charge in [-0.2, -0.15) is 0 Å². The highest BCUT2D eigenvalue weighted by molar-refractivity contribution is 8.00. The molecule has 0 bridgehead atoms. The zero-order valence-electron chi connectivity index (χ0n) is 11.7. The van der Waals surface area contributed by atoms with Crippen molar-refractivity contribution in [3.63, 3.8) is 0 Å². The summed E-state index contributed by atoms with van der Waals surface area (Å²) in [5.41, 5.74) is 0.990. The van der Waals surface area contributed by atoms with Gasteiger partial charge in [0.2, 0.25) is 5.69 Å². The van der Waals surface area contributed by atoms with Crippen LogP contribution in [0.5, 0.6) is 0 Å². The van der Waals surface area contributed by atoms with Crippen LogP contribution in [0.15, 0.2) is 28.9 Å². The van der Waals surface area contributed by atoms with Crippen LogP contribution in [0.2, 0.25) is 10.0 Å². The van der Waals surface area contributed by atoms with E-state index < -0.39 is 5.82 Å². The zero-order valence-corrected chi connectivity index (χ0v) is 14.8. The van der Waals surface area contributed by atoms with Crippen LogP contribution in [0.4, 0.5) is 10.2 Å². The van der Waals surface area contributed by atoms with Crippen LogP contribution < -0.4 is 0 Å². The van der Waals surface area contributed by atoms with Crippen molar-refractivity contribution in [1.29, 1.82) is 0 Å². The minimum atomic E-state index is -0.513. The summed E-state index contributed by atoms with van der Waals surface area (Å²) in [7, 11) is 0. The number of aromatic nitrogens is 4. The van der Waals surface area contributed by atoms with Gasteiger partial charge in [-0.05, 0) is 12.1 Å². The first kappa shape index (κ1) is 17.0. The van der Waals surface area contributed by atoms with Crippen LogP contribution in [0.3, 0.4) is 0 Å². The molecule has 3 aromatic rings. The second-order valence-electron chi connectivity index (χ2n) is 4.36. The van der Waals surface area contributed by atoms with E-state index in [-0.39, 0.29) is 10.8 Å². The van der Waals surface area contributed by atoms with Crippen LogP contribution in [0.1, 0.15) is 5.56 Å². The van der Waals surface area contributed by atoms with Gasteiger partial charge in [-0.15, -0.1) is 15.2 Å². The number of benzene rings is 1. The minimum absolute atomic E-state index is 0.00960. The Balaban J connectivity index is 1.78. The van der Waals surface area contributed by atoms with Crippen molar-refractivity contribution in [2.24, 2.45) is 0 Å². The molecule has 0 spiro atoms. The van der Waals surface area contributed by atoms with Gasteiger partial charge in [-0.1, -0.05) is 52.9 Å². The maximum atomic E-state index is 13.5. The van der Waals surface area contributed by atoms with Crippen molar-refractivity contribution in [1.82, 2.24) is 20.2 Å². The first-order valence-corrected chi connectivity index (χ1v) is 8.93. The second kappa shape index (κ2) is 7.40. The van der Waals surface area contributed by atoms with E-state index in [9.17, 15) is 4.39 Å². The molecule has 0 radical (unpaired) electrons. The number of halogens is 3. The van der Waals surface area contributed by atoms with Gasteiger partial charge < -0.3 is 4.85 Å². The molecule has 10 heteroatoms. The summed E-state index contributed by atoms with van der Waals surface area (Å²) in [6, 6.07) is 2.69. The van der Waals surface area contributed by atoms with Crippen molar-refractivity contribution in [3.8, 4) is 10.7 Å². The zero-order chi connectivity index (χ0) is 17.1. The van der Waals surface area contributed by atoms with Crippen LogP contribution in [0.25, 0.3) is 15.5 Å². The average molecular weight is 398 g/mol. The standard InChI is InChI=1S/C14H6Cl2FN5S2/c1-18-11-5-19-4-10(20-11)13-21-22-14(24-13)23-6-7-8(15)2-3-9(17)12(7)16/h2-5H,6H2. The molecule has 0 saturated heterocycles. The van der Waals surface area contributed by atoms with Gasteiger partial charge in [0.1, 0.15) is 5.82 Å². The summed E-state index contributed by atoms with van der Waals surface area (Å²) < 4.78 is 14.2. The van der Waals surface area contributed by atoms with Crippen molar-refractivity contribution in [2.45, 2.75) is 10.1 Å². The molecule has 2 aromatic heterocycles. The Labute approximate surface area is 154 Å². The van der Waals surface area contributed by atoms with Crippen molar-refractivity contribution < 1.29 is 4.39 Å². The Bertz CT molecular complexity index is 941.